The van der Waals surface area contributed by atoms with E-state index in [4.69, 9.17) is 5.26 Å². The van der Waals surface area contributed by atoms with Gasteiger partial charge in [-0.15, -0.1) is 0 Å². The number of aromatic nitrogens is 2. The molecule has 1 saturated heterocycles. The van der Waals surface area contributed by atoms with Crippen LogP contribution in [0, 0.1) is 11.3 Å². The van der Waals surface area contributed by atoms with Gasteiger partial charge in [0.05, 0.1) is 29.7 Å². The van der Waals surface area contributed by atoms with Crippen molar-refractivity contribution in [1.82, 2.24) is 19.4 Å². The first kappa shape index (κ1) is 23.5. The van der Waals surface area contributed by atoms with E-state index in [0.717, 1.165) is 29.8 Å². The Morgan fingerprint density at radius 1 is 0.861 bits per heavy atom. The first-order chi connectivity index (χ1) is 17.7. The van der Waals surface area contributed by atoms with E-state index in [0.29, 0.717) is 31.7 Å². The van der Waals surface area contributed by atoms with Crippen molar-refractivity contribution < 1.29 is 4.79 Å². The Balaban J connectivity index is 1.35. The van der Waals surface area contributed by atoms with Crippen molar-refractivity contribution in [2.75, 3.05) is 6.54 Å². The van der Waals surface area contributed by atoms with Gasteiger partial charge in [0.25, 0.3) is 0 Å². The van der Waals surface area contributed by atoms with Gasteiger partial charge in [-0.05, 0) is 35.2 Å². The van der Waals surface area contributed by atoms with Crippen LogP contribution in [0.4, 0.5) is 0 Å². The highest BCUT2D eigenvalue weighted by Gasteiger charge is 2.36. The molecule has 1 aliphatic rings. The topological polar surface area (TPSA) is 65.2 Å². The van der Waals surface area contributed by atoms with Crippen LogP contribution in [0.2, 0.25) is 0 Å². The summed E-state index contributed by atoms with van der Waals surface area (Å²) < 4.78 is 2.13. The summed E-state index contributed by atoms with van der Waals surface area (Å²) in [6, 6.07) is 30.1. The maximum absolute atomic E-state index is 13.5. The van der Waals surface area contributed by atoms with Crippen molar-refractivity contribution >= 4 is 5.91 Å². The van der Waals surface area contributed by atoms with Crippen LogP contribution in [-0.2, 0) is 31.0 Å². The number of rotatable bonds is 9. The monoisotopic (exact) mass is 475 g/mol. The molecule has 0 aliphatic carbocycles. The zero-order valence-electron chi connectivity index (χ0n) is 20.2. The van der Waals surface area contributed by atoms with E-state index in [1.54, 1.807) is 0 Å². The molecule has 1 aliphatic heterocycles. The van der Waals surface area contributed by atoms with Gasteiger partial charge in [0.1, 0.15) is 0 Å². The molecule has 1 fully saturated rings. The van der Waals surface area contributed by atoms with Gasteiger partial charge in [-0.25, -0.2) is 4.98 Å². The molecule has 0 bridgehead atoms. The van der Waals surface area contributed by atoms with E-state index in [1.165, 1.54) is 5.56 Å². The molecule has 1 aromatic heterocycles. The van der Waals surface area contributed by atoms with Gasteiger partial charge >= 0.3 is 0 Å². The van der Waals surface area contributed by atoms with Crippen LogP contribution in [0.5, 0.6) is 0 Å². The van der Waals surface area contributed by atoms with Gasteiger partial charge in [0.15, 0.2) is 0 Å². The number of hydrogen-bond acceptors (Lipinski definition) is 4. The number of likely N-dealkylation sites (tertiary alicyclic amines) is 1. The molecule has 0 unspecified atom stereocenters. The minimum absolute atomic E-state index is 0.174. The Morgan fingerprint density at radius 2 is 1.53 bits per heavy atom. The highest BCUT2D eigenvalue weighted by atomic mass is 16.2. The fourth-order valence-corrected chi connectivity index (χ4v) is 4.83. The first-order valence-electron chi connectivity index (χ1n) is 12.3. The Morgan fingerprint density at radius 3 is 2.22 bits per heavy atom. The standard InChI is InChI=1S/C30H29N5O/c31-17-24-11-13-27(14-12-24)21-35-23-32-18-28(35)22-34(20-26-9-5-2-6-10-26)29-15-16-33(30(29)36)19-25-7-3-1-4-8-25/h1-14,18,23,29H,15-16,19-22H2/t29-/m1/s1. The molecule has 1 amide bonds. The van der Waals surface area contributed by atoms with Crippen LogP contribution in [0.1, 0.15) is 34.4 Å². The van der Waals surface area contributed by atoms with Crippen LogP contribution in [0.15, 0.2) is 97.5 Å². The molecule has 0 N–H and O–H groups in total. The highest BCUT2D eigenvalue weighted by Crippen LogP contribution is 2.24. The normalized spacial score (nSPS) is 15.4. The zero-order chi connectivity index (χ0) is 24.7. The van der Waals surface area contributed by atoms with E-state index >= 15 is 0 Å². The molecule has 0 radical (unpaired) electrons. The van der Waals surface area contributed by atoms with E-state index in [-0.39, 0.29) is 11.9 Å². The van der Waals surface area contributed by atoms with Crippen LogP contribution in [0.3, 0.4) is 0 Å². The lowest BCUT2D eigenvalue weighted by molar-refractivity contribution is -0.133. The molecule has 3 aromatic carbocycles. The van der Waals surface area contributed by atoms with Crippen molar-refractivity contribution in [2.45, 2.75) is 38.6 Å². The van der Waals surface area contributed by atoms with Crippen LogP contribution in [-0.4, -0.2) is 37.8 Å². The van der Waals surface area contributed by atoms with Crippen molar-refractivity contribution in [2.24, 2.45) is 0 Å². The number of nitriles is 1. The lowest BCUT2D eigenvalue weighted by atomic mass is 10.1. The number of benzene rings is 3. The third kappa shape index (κ3) is 5.54. The smallest absolute Gasteiger partial charge is 0.240 e. The number of amides is 1. The summed E-state index contributed by atoms with van der Waals surface area (Å²) in [5.41, 5.74) is 5.16. The molecule has 0 saturated carbocycles. The number of hydrogen-bond donors (Lipinski definition) is 0. The SMILES string of the molecule is N#Cc1ccc(Cn2cncc2CN(Cc2ccccc2)[C@@H]2CCN(Cc3ccccc3)C2=O)cc1. The Labute approximate surface area is 212 Å². The molecule has 4 aromatic rings. The van der Waals surface area contributed by atoms with Gasteiger partial charge in [0, 0.05) is 38.9 Å². The van der Waals surface area contributed by atoms with Gasteiger partial charge in [-0.1, -0.05) is 72.8 Å². The molecule has 6 nitrogen and oxygen atoms in total. The minimum atomic E-state index is -0.174. The number of imidazole rings is 1. The van der Waals surface area contributed by atoms with E-state index < -0.39 is 0 Å². The van der Waals surface area contributed by atoms with Crippen LogP contribution < -0.4 is 0 Å². The number of carbonyl (C=O) groups is 1. The largest absolute Gasteiger partial charge is 0.337 e. The molecule has 36 heavy (non-hydrogen) atoms. The minimum Gasteiger partial charge on any atom is -0.337 e. The van der Waals surface area contributed by atoms with Crippen molar-refractivity contribution in [3.8, 4) is 6.07 Å². The fraction of sp³-hybridized carbons (Fsp3) is 0.233. The van der Waals surface area contributed by atoms with Crippen molar-refractivity contribution in [1.29, 1.82) is 5.26 Å². The molecular formula is C30H29N5O. The average Bonchev–Trinajstić information content (AvgIpc) is 3.51. The average molecular weight is 476 g/mol. The van der Waals surface area contributed by atoms with E-state index in [9.17, 15) is 4.79 Å². The van der Waals surface area contributed by atoms with Crippen LogP contribution >= 0.6 is 0 Å². The van der Waals surface area contributed by atoms with Gasteiger partial charge in [-0.2, -0.15) is 5.26 Å². The molecular weight excluding hydrogens is 446 g/mol. The van der Waals surface area contributed by atoms with Gasteiger partial charge in [0.2, 0.25) is 5.91 Å². The zero-order valence-corrected chi connectivity index (χ0v) is 20.2. The second kappa shape index (κ2) is 11.0. The predicted octanol–water partition coefficient (Wildman–Crippen LogP) is 4.61. The molecule has 5 rings (SSSR count). The van der Waals surface area contributed by atoms with Crippen LogP contribution in [0.25, 0.3) is 0 Å². The summed E-state index contributed by atoms with van der Waals surface area (Å²) in [4.78, 5) is 22.2. The summed E-state index contributed by atoms with van der Waals surface area (Å²) in [5.74, 6) is 0.188. The number of carbonyl (C=O) groups excluding carboxylic acids is 1. The maximum atomic E-state index is 13.5. The quantitative estimate of drug-likeness (QED) is 0.355. The molecule has 1 atom stereocenters. The second-order valence-electron chi connectivity index (χ2n) is 9.26. The molecule has 0 spiro atoms. The van der Waals surface area contributed by atoms with Crippen molar-refractivity contribution in [3.63, 3.8) is 0 Å². The Bertz CT molecular complexity index is 1330. The summed E-state index contributed by atoms with van der Waals surface area (Å²) in [6.07, 6.45) is 4.54. The first-order valence-corrected chi connectivity index (χ1v) is 12.3. The maximum Gasteiger partial charge on any atom is 0.240 e. The summed E-state index contributed by atoms with van der Waals surface area (Å²) in [5, 5.41) is 9.07. The predicted molar refractivity (Wildman–Crippen MR) is 138 cm³/mol. The van der Waals surface area contributed by atoms with E-state index in [2.05, 4.69) is 44.8 Å². The summed E-state index contributed by atoms with van der Waals surface area (Å²) in [6.45, 7) is 3.39. The third-order valence-corrected chi connectivity index (χ3v) is 6.75. The molecule has 6 heteroatoms. The Kier molecular flexibility index (Phi) is 7.20. The fourth-order valence-electron chi connectivity index (χ4n) is 4.83. The molecule has 180 valence electrons. The third-order valence-electron chi connectivity index (χ3n) is 6.75. The van der Waals surface area contributed by atoms with Gasteiger partial charge in [-0.3, -0.25) is 9.69 Å². The molecule has 2 heterocycles. The highest BCUT2D eigenvalue weighted by molar-refractivity contribution is 5.84. The Hall–Kier alpha value is -4.21. The summed E-state index contributed by atoms with van der Waals surface area (Å²) >= 11 is 0. The van der Waals surface area contributed by atoms with E-state index in [1.807, 2.05) is 78.1 Å². The summed E-state index contributed by atoms with van der Waals surface area (Å²) in [7, 11) is 0. The second-order valence-corrected chi connectivity index (χ2v) is 9.26. The lowest BCUT2D eigenvalue weighted by Gasteiger charge is -2.28. The number of nitrogens with zero attached hydrogens (tertiary/aromatic N) is 5. The lowest BCUT2D eigenvalue weighted by Crippen LogP contribution is -2.41. The van der Waals surface area contributed by atoms with Gasteiger partial charge < -0.3 is 9.47 Å². The van der Waals surface area contributed by atoms with Crippen molar-refractivity contribution in [3.05, 3.63) is 125 Å².